The first-order valence-electron chi connectivity index (χ1n) is 18.7. The number of rotatable bonds is 7. The number of halogens is 1. The van der Waals surface area contributed by atoms with Crippen LogP contribution in [0.1, 0.15) is 50.8 Å². The van der Waals surface area contributed by atoms with Crippen molar-refractivity contribution in [3.05, 3.63) is 183 Å². The summed E-state index contributed by atoms with van der Waals surface area (Å²) in [7, 11) is 2.20. The van der Waals surface area contributed by atoms with Crippen molar-refractivity contribution in [1.82, 2.24) is 0 Å². The van der Waals surface area contributed by atoms with E-state index in [9.17, 15) is 4.79 Å². The second kappa shape index (κ2) is 25.9. The minimum absolute atomic E-state index is 0.164. The van der Waals surface area contributed by atoms with Gasteiger partial charge in [0.25, 0.3) is 0 Å². The molecule has 2 fully saturated rings. The Hall–Kier alpha value is -4.34. The Morgan fingerprint density at radius 1 is 0.638 bits per heavy atom. The van der Waals surface area contributed by atoms with E-state index < -0.39 is 6.99 Å². The second-order valence-corrected chi connectivity index (χ2v) is 16.4. The number of ether oxygens (including phenoxy) is 6. The summed E-state index contributed by atoms with van der Waals surface area (Å²) in [4.78, 5) is 10.6. The molecule has 0 radical (unpaired) electrons. The topological polar surface area (TPSA) is 92.7 Å². The molecule has 6 aromatic carbocycles. The molecule has 58 heavy (non-hydrogen) atoms. The summed E-state index contributed by atoms with van der Waals surface area (Å²) in [6.07, 6.45) is 0.381. The van der Waals surface area contributed by atoms with E-state index in [1.165, 1.54) is 16.7 Å². The molecule has 8 rings (SSSR count). The van der Waals surface area contributed by atoms with Crippen molar-refractivity contribution in [2.45, 2.75) is 33.4 Å². The zero-order valence-electron chi connectivity index (χ0n) is 33.5. The summed E-state index contributed by atoms with van der Waals surface area (Å²) < 4.78 is 40.6. The molecule has 1 N–H and O–H groups in total. The van der Waals surface area contributed by atoms with Gasteiger partial charge in [-0.3, -0.25) is 4.79 Å². The van der Waals surface area contributed by atoms with Crippen molar-refractivity contribution in [3.63, 3.8) is 0 Å². The van der Waals surface area contributed by atoms with Crippen molar-refractivity contribution in [2.75, 3.05) is 26.4 Å². The number of aldehydes is 1. The first-order chi connectivity index (χ1) is 28.5. The summed E-state index contributed by atoms with van der Waals surface area (Å²) in [5.74, 6) is 3.40. The number of benzene rings is 6. The molecule has 2 saturated heterocycles. The zero-order chi connectivity index (χ0) is 42.4. The average molecular weight is 905 g/mol. The molecule has 2 heterocycles. The van der Waals surface area contributed by atoms with Crippen LogP contribution in [0.5, 0.6) is 28.7 Å². The quantitative estimate of drug-likeness (QED) is 0.124. The van der Waals surface area contributed by atoms with E-state index in [0.29, 0.717) is 43.5 Å². The third-order valence-corrected chi connectivity index (χ3v) is 8.53. The molecule has 0 bridgehead atoms. The van der Waals surface area contributed by atoms with Crippen LogP contribution in [0.4, 0.5) is 0 Å². The van der Waals surface area contributed by atoms with Crippen molar-refractivity contribution >= 4 is 49.9 Å². The summed E-state index contributed by atoms with van der Waals surface area (Å²) in [6.45, 7) is 7.87. The summed E-state index contributed by atoms with van der Waals surface area (Å²) in [5.41, 5.74) is 6.25. The lowest BCUT2D eigenvalue weighted by Gasteiger charge is -2.11. The molecule has 0 saturated carbocycles. The molecule has 2 unspecified atom stereocenters. The van der Waals surface area contributed by atoms with Gasteiger partial charge in [0.1, 0.15) is 35.0 Å². The van der Waals surface area contributed by atoms with Gasteiger partial charge in [0, 0.05) is 21.2 Å². The number of phenolic OH excluding ortho intramolecular Hbond substituents is 1. The first-order valence-corrected chi connectivity index (χ1v) is 22.6. The zero-order valence-corrected chi connectivity index (χ0v) is 37.0. The van der Waals surface area contributed by atoms with Crippen molar-refractivity contribution in [1.29, 1.82) is 1.28 Å². The highest BCUT2D eigenvalue weighted by atomic mass is 79.9. The van der Waals surface area contributed by atoms with E-state index in [4.69, 9.17) is 34.8 Å². The number of phenols is 1. The van der Waals surface area contributed by atoms with Gasteiger partial charge in [-0.25, -0.2) is 0 Å². The predicted molar refractivity (Wildman–Crippen MR) is 242 cm³/mol. The molecule has 302 valence electrons. The molecular formula is C46H48BrO8P2S+. The minimum atomic E-state index is -0.870. The molecule has 2 aliphatic heterocycles. The van der Waals surface area contributed by atoms with E-state index in [0.717, 1.165) is 39.1 Å². The lowest BCUT2D eigenvalue weighted by Crippen LogP contribution is -1.98. The van der Waals surface area contributed by atoms with Gasteiger partial charge in [-0.2, -0.15) is 0 Å². The van der Waals surface area contributed by atoms with E-state index in [1.54, 1.807) is 30.3 Å². The fraction of sp³-hybridized carbons (Fsp3) is 0.196. The van der Waals surface area contributed by atoms with Crippen LogP contribution in [0, 0.1) is 20.8 Å². The monoisotopic (exact) mass is 903 g/mol. The SMILES string of the molecule is Brc1cccc(C2OCCO2)c1.Cc1ccc(O)cc1.Cc1ccc(Oc2cccc(C3OCCO3)c2)cc1.Cc1ccc(Oc2cccc(C=O)c2)cc1.[3H][P+](P)=S. The Labute approximate surface area is 359 Å². The van der Waals surface area contributed by atoms with Crippen LogP contribution in [0.2, 0.25) is 0 Å². The summed E-state index contributed by atoms with van der Waals surface area (Å²) in [5, 5.41) is 8.76. The van der Waals surface area contributed by atoms with Gasteiger partial charge in [0.15, 0.2) is 31.4 Å². The van der Waals surface area contributed by atoms with Crippen LogP contribution in [-0.2, 0) is 30.8 Å². The molecule has 0 aliphatic carbocycles. The maximum absolute atomic E-state index is 10.6. The molecule has 0 amide bonds. The third kappa shape index (κ3) is 17.3. The van der Waals surface area contributed by atoms with Gasteiger partial charge in [-0.05, 0) is 93.6 Å². The van der Waals surface area contributed by atoms with Gasteiger partial charge >= 0.3 is 1.28 Å². The van der Waals surface area contributed by atoms with E-state index >= 15 is 0 Å². The molecular weight excluding hydrogens is 854 g/mol. The van der Waals surface area contributed by atoms with Crippen LogP contribution in [0.15, 0.2) is 150 Å². The average Bonchev–Trinajstić information content (AvgIpc) is 3.98. The standard InChI is InChI=1S/C16H16O3.C14H12O2.C9H9BrO2.C7H8O.H2P2S/c1-12-5-7-14(8-6-12)19-15-4-2-3-13(11-15)16-17-9-10-18-16;1-11-5-7-13(8-6-11)16-14-4-2-3-12(9-14)10-15;10-8-3-1-2-7(6-8)9-11-4-5-12-9;1-6-2-4-7(8)5-3-6;1-2-3/h2-8,11,16H,9-10H2,1H3;2-10H,1H3;1-3,6,9H,4-5H2;2-5,8H,1H3;1H2/p+1/i/hT. The van der Waals surface area contributed by atoms with Gasteiger partial charge in [-0.15, -0.1) is 0 Å². The van der Waals surface area contributed by atoms with E-state index in [-0.39, 0.29) is 12.6 Å². The highest BCUT2D eigenvalue weighted by Crippen LogP contribution is 2.29. The maximum Gasteiger partial charge on any atom is 0.355 e. The predicted octanol–water partition coefficient (Wildman–Crippen LogP) is 12.5. The Bertz CT molecular complexity index is 2140. The van der Waals surface area contributed by atoms with Crippen molar-refractivity contribution < 1.29 is 38.3 Å². The molecule has 0 spiro atoms. The normalized spacial score (nSPS) is 13.7. The number of hydrogen-bond acceptors (Lipinski definition) is 9. The number of aryl methyl sites for hydroxylation is 3. The van der Waals surface area contributed by atoms with Crippen LogP contribution in [0.25, 0.3) is 0 Å². The molecule has 6 aromatic rings. The van der Waals surface area contributed by atoms with Gasteiger partial charge in [0.2, 0.25) is 0 Å². The van der Waals surface area contributed by atoms with Crippen LogP contribution in [-0.4, -0.2) is 39.1 Å². The lowest BCUT2D eigenvalue weighted by atomic mass is 10.2. The largest absolute Gasteiger partial charge is 0.508 e. The minimum Gasteiger partial charge on any atom is -0.508 e. The Morgan fingerprint density at radius 3 is 1.47 bits per heavy atom. The van der Waals surface area contributed by atoms with Crippen molar-refractivity contribution in [3.8, 4) is 28.7 Å². The lowest BCUT2D eigenvalue weighted by molar-refractivity contribution is -0.0443. The molecule has 0 aromatic heterocycles. The highest BCUT2D eigenvalue weighted by Gasteiger charge is 2.19. The Balaban J connectivity index is 0.000000175. The molecule has 2 atom stereocenters. The fourth-order valence-corrected chi connectivity index (χ4v) is 5.58. The molecule has 12 heteroatoms. The van der Waals surface area contributed by atoms with Gasteiger partial charge < -0.3 is 33.5 Å². The molecule has 8 nitrogen and oxygen atoms in total. The van der Waals surface area contributed by atoms with Crippen LogP contribution < -0.4 is 9.47 Å². The van der Waals surface area contributed by atoms with E-state index in [1.807, 2.05) is 129 Å². The van der Waals surface area contributed by atoms with E-state index in [2.05, 4.69) is 43.6 Å². The van der Waals surface area contributed by atoms with Crippen molar-refractivity contribution in [2.24, 2.45) is 0 Å². The van der Waals surface area contributed by atoms with Gasteiger partial charge in [-0.1, -0.05) is 105 Å². The molecule has 2 aliphatic rings. The smallest absolute Gasteiger partial charge is 0.355 e. The second-order valence-electron chi connectivity index (χ2n) is 12.7. The number of aromatic hydroxyl groups is 1. The number of hydrogen-bond donors (Lipinski definition) is 1. The summed E-state index contributed by atoms with van der Waals surface area (Å²) >= 11 is 7.71. The Kier molecular flexibility index (Phi) is 20.0. The van der Waals surface area contributed by atoms with Gasteiger partial charge in [0.05, 0.1) is 35.4 Å². The number of carbonyl (C=O) groups is 1. The first kappa shape index (κ1) is 44.8. The Morgan fingerprint density at radius 2 is 1.03 bits per heavy atom. The summed E-state index contributed by atoms with van der Waals surface area (Å²) in [6, 6.07) is 45.7. The third-order valence-electron chi connectivity index (χ3n) is 8.04. The highest BCUT2D eigenvalue weighted by molar-refractivity contribution is 9.10. The van der Waals surface area contributed by atoms with Crippen LogP contribution in [0.3, 0.4) is 0 Å². The van der Waals surface area contributed by atoms with Crippen LogP contribution >= 0.6 is 31.8 Å². The number of carbonyl (C=O) groups excluding carboxylic acids is 1. The fourth-order valence-electron chi connectivity index (χ4n) is 5.16. The maximum atomic E-state index is 10.6.